The number of nitrogens with zero attached hydrogens (tertiary/aromatic N) is 15. The molecule has 2 saturated heterocycles. The molecule has 2 aliphatic heterocycles. The van der Waals surface area contributed by atoms with E-state index in [-0.39, 0.29) is 11.8 Å². The van der Waals surface area contributed by atoms with Crippen LogP contribution in [0.3, 0.4) is 0 Å². The van der Waals surface area contributed by atoms with Gasteiger partial charge in [-0.05, 0) is 132 Å². The molecule has 6 aromatic carbocycles. The maximum atomic E-state index is 11.5. The summed E-state index contributed by atoms with van der Waals surface area (Å²) in [7, 11) is 0. The molecular weight excluding hydrogens is 1400 g/mol. The monoisotopic (exact) mass is 1500 g/mol. The van der Waals surface area contributed by atoms with Gasteiger partial charge in [0.1, 0.15) is 68.6 Å². The van der Waals surface area contributed by atoms with Crippen LogP contribution in [0, 0.1) is 23.7 Å². The Hall–Kier alpha value is -11.9. The number of anilines is 3. The third kappa shape index (κ3) is 14.9. The number of piperidine rings is 1. The number of imidazole rings is 3. The number of fused-ring (bicyclic) bond motifs is 6. The van der Waals surface area contributed by atoms with Crippen molar-refractivity contribution in [2.75, 3.05) is 89.3 Å². The van der Waals surface area contributed by atoms with Crippen LogP contribution < -0.4 is 22.9 Å². The van der Waals surface area contributed by atoms with Gasteiger partial charge in [-0.1, -0.05) is 159 Å². The second-order valence-corrected chi connectivity index (χ2v) is 31.4. The zero-order valence-electron chi connectivity index (χ0n) is 64.1. The van der Waals surface area contributed by atoms with Gasteiger partial charge in [0.2, 0.25) is 5.91 Å². The van der Waals surface area contributed by atoms with Crippen LogP contribution in [-0.4, -0.2) is 151 Å². The number of pyridine rings is 3. The van der Waals surface area contributed by atoms with Gasteiger partial charge in [-0.2, -0.15) is 0 Å². The molecule has 0 unspecified atom stereocenters. The lowest BCUT2D eigenvalue weighted by Gasteiger charge is -2.40. The quantitative estimate of drug-likeness (QED) is 0.0622. The fourth-order valence-electron chi connectivity index (χ4n) is 17.9. The lowest BCUT2D eigenvalue weighted by atomic mass is 9.74. The van der Waals surface area contributed by atoms with Gasteiger partial charge in [0.15, 0.2) is 0 Å². The van der Waals surface area contributed by atoms with E-state index in [4.69, 9.17) is 57.6 Å². The molecule has 0 bridgehead atoms. The van der Waals surface area contributed by atoms with E-state index < -0.39 is 0 Å². The van der Waals surface area contributed by atoms with Crippen LogP contribution >= 0.6 is 0 Å². The van der Waals surface area contributed by atoms with E-state index in [0.29, 0.717) is 47.0 Å². The molecule has 20 rings (SSSR count). The van der Waals surface area contributed by atoms with Crippen LogP contribution in [0.15, 0.2) is 219 Å². The summed E-state index contributed by atoms with van der Waals surface area (Å²) in [6.07, 6.45) is 19.8. The second kappa shape index (κ2) is 31.7. The summed E-state index contributed by atoms with van der Waals surface area (Å²) in [4.78, 5) is 62.7. The van der Waals surface area contributed by atoms with E-state index in [1.807, 2.05) is 73.2 Å². The van der Waals surface area contributed by atoms with Gasteiger partial charge in [-0.3, -0.25) is 22.9 Å². The molecule has 21 heteroatoms. The molecular formula is C92H95N19O2. The highest BCUT2D eigenvalue weighted by atomic mass is 16.5. The van der Waals surface area contributed by atoms with Gasteiger partial charge in [-0.15, -0.1) is 0 Å². The predicted octanol–water partition coefficient (Wildman–Crippen LogP) is 15.9. The standard InChI is InChI=1S/C32H33N7O.C30H30N6O.C30H32N6/c33-30-29-28(24-7-6-22-8-9-26(36-27(22)18-24)21-4-2-1-3-5-21)37-32(39(29)15-12-35-30)25-16-20(17-25)19-38-13-10-23(11-14-38)31(34)40;31-29-28-27(23-7-6-22-8-9-25(33-26(22)18-23)21-4-2-1-3-5-21)34-30(36(28)11-10-32-29)24-16-20(17-24)19-35-12-14-37-15-13-35;1-3-35(4-2)19-20-16-24(17-20)30-34-27(28-29(31)32-14-15-36(28)30)23-11-10-22-12-13-25(33-26(22)18-23)21-8-6-5-7-9-21/h1-9,12,15,18,20,23,25H,10-11,13-14,16-17,19H2,(H2,33,35)(H2,34,40);1-11,18,20,24H,12-17,19H2,(H2,31,32);5-15,18,20,24H,3-4,16-17,19H2,1-2H3,(H2,31,32). The lowest BCUT2D eigenvalue weighted by molar-refractivity contribution is -0.123. The van der Waals surface area contributed by atoms with Crippen molar-refractivity contribution in [3.05, 3.63) is 237 Å². The van der Waals surface area contributed by atoms with E-state index in [9.17, 15) is 4.79 Å². The van der Waals surface area contributed by atoms with Crippen molar-refractivity contribution in [3.63, 3.8) is 0 Å². The van der Waals surface area contributed by atoms with Crippen molar-refractivity contribution in [1.29, 1.82) is 0 Å². The normalized spacial score (nSPS) is 19.4. The van der Waals surface area contributed by atoms with Crippen molar-refractivity contribution in [3.8, 4) is 67.5 Å². The topological polar surface area (TPSA) is 269 Å². The average molecular weight is 1500 g/mol. The molecule has 0 atom stereocenters. The number of ether oxygens (including phenoxy) is 1. The Bertz CT molecular complexity index is 5930. The Morgan fingerprint density at radius 2 is 0.752 bits per heavy atom. The van der Waals surface area contributed by atoms with Crippen LogP contribution in [0.5, 0.6) is 0 Å². The highest BCUT2D eigenvalue weighted by Crippen LogP contribution is 2.48. The molecule has 8 N–H and O–H groups in total. The molecule has 0 radical (unpaired) electrons. The Morgan fingerprint density at radius 1 is 0.416 bits per heavy atom. The molecule has 1 amide bonds. The van der Waals surface area contributed by atoms with Crippen molar-refractivity contribution in [2.24, 2.45) is 29.4 Å². The first kappa shape index (κ1) is 72.6. The lowest BCUT2D eigenvalue weighted by Crippen LogP contribution is -2.42. The van der Waals surface area contributed by atoms with E-state index in [1.165, 1.54) is 6.54 Å². The molecule has 15 aromatic rings. The van der Waals surface area contributed by atoms with Crippen molar-refractivity contribution in [1.82, 2.24) is 72.8 Å². The molecule has 21 nitrogen and oxygen atoms in total. The largest absolute Gasteiger partial charge is 0.382 e. The van der Waals surface area contributed by atoms with E-state index in [2.05, 4.69) is 184 Å². The molecule has 5 aliphatic rings. The molecule has 9 aromatic heterocycles. The van der Waals surface area contributed by atoms with Gasteiger partial charge in [0, 0.05) is 143 Å². The average Bonchev–Trinajstić information content (AvgIpc) is 1.61. The summed E-state index contributed by atoms with van der Waals surface area (Å²) in [5.41, 5.74) is 42.0. The molecule has 113 heavy (non-hydrogen) atoms. The van der Waals surface area contributed by atoms with Crippen molar-refractivity contribution < 1.29 is 9.53 Å². The molecule has 570 valence electrons. The number of carbonyl (C=O) groups is 1. The number of likely N-dealkylation sites (tertiary alicyclic amines) is 1. The highest BCUT2D eigenvalue weighted by molar-refractivity contribution is 5.95. The van der Waals surface area contributed by atoms with Gasteiger partial charge in [0.05, 0.1) is 46.8 Å². The Kier molecular flexibility index (Phi) is 20.4. The molecule has 0 spiro atoms. The van der Waals surface area contributed by atoms with Crippen LogP contribution in [-0.2, 0) is 9.53 Å². The fourth-order valence-corrected chi connectivity index (χ4v) is 17.9. The number of amides is 1. The van der Waals surface area contributed by atoms with Gasteiger partial charge >= 0.3 is 0 Å². The summed E-state index contributed by atoms with van der Waals surface area (Å²) in [5.74, 6) is 7.92. The first-order chi connectivity index (χ1) is 55.4. The molecule has 3 aliphatic carbocycles. The summed E-state index contributed by atoms with van der Waals surface area (Å²) in [6.45, 7) is 15.8. The third-order valence-corrected chi connectivity index (χ3v) is 24.3. The minimum atomic E-state index is -0.155. The zero-order chi connectivity index (χ0) is 76.6. The van der Waals surface area contributed by atoms with Crippen LogP contribution in [0.1, 0.15) is 100 Å². The number of aromatic nitrogens is 12. The van der Waals surface area contributed by atoms with Crippen LogP contribution in [0.4, 0.5) is 17.5 Å². The van der Waals surface area contributed by atoms with E-state index >= 15 is 0 Å². The summed E-state index contributed by atoms with van der Waals surface area (Å²) in [6, 6.07) is 62.4. The number of nitrogen functional groups attached to an aromatic ring is 3. The Morgan fingerprint density at radius 3 is 1.10 bits per heavy atom. The maximum absolute atomic E-state index is 11.5. The van der Waals surface area contributed by atoms with Crippen molar-refractivity contribution in [2.45, 2.75) is 83.0 Å². The summed E-state index contributed by atoms with van der Waals surface area (Å²) in [5, 5.41) is 3.29. The van der Waals surface area contributed by atoms with Gasteiger partial charge in [0.25, 0.3) is 0 Å². The number of nitrogens with two attached hydrogens (primary N) is 4. The Balaban J connectivity index is 0.000000118. The van der Waals surface area contributed by atoms with Crippen molar-refractivity contribution >= 4 is 72.6 Å². The highest BCUT2D eigenvalue weighted by Gasteiger charge is 2.39. The first-order valence-electron chi connectivity index (χ1n) is 40.2. The number of morpholine rings is 1. The molecule has 3 saturated carbocycles. The van der Waals surface area contributed by atoms with Crippen LogP contribution in [0.2, 0.25) is 0 Å². The Labute approximate surface area is 657 Å². The summed E-state index contributed by atoms with van der Waals surface area (Å²) < 4.78 is 12.0. The first-order valence-corrected chi connectivity index (χ1v) is 40.2. The fraction of sp³-hybridized carbons (Fsp3) is 0.304. The number of benzene rings is 6. The van der Waals surface area contributed by atoms with Crippen LogP contribution in [0.25, 0.3) is 117 Å². The van der Waals surface area contributed by atoms with E-state index in [1.54, 1.807) is 18.6 Å². The number of hydrogen-bond acceptors (Lipinski definition) is 17. The van der Waals surface area contributed by atoms with Gasteiger partial charge in [-0.25, -0.2) is 44.9 Å². The molecule has 5 fully saturated rings. The van der Waals surface area contributed by atoms with E-state index in [0.717, 1.165) is 257 Å². The number of hydrogen-bond donors (Lipinski definition) is 4. The summed E-state index contributed by atoms with van der Waals surface area (Å²) >= 11 is 0. The minimum absolute atomic E-state index is 0.0365. The third-order valence-electron chi connectivity index (χ3n) is 24.3. The SMILES string of the molecule is CCN(CC)CC1CC(c2nc(-c3ccc4ccc(-c5ccccc5)nc4c3)c3c(N)nccn23)C1.NC(=O)C1CCN(CC2CC(c3nc(-c4ccc5ccc(-c6ccccc6)nc5c4)c4c(N)nccn34)C2)CC1.Nc1nccn2c(C3CC(CN4CCOCC4)C3)nc(-c3ccc4ccc(-c5ccccc5)nc4c3)c12. The minimum Gasteiger partial charge on any atom is -0.382 e. The number of rotatable bonds is 18. The molecule has 11 heterocycles. The smallest absolute Gasteiger partial charge is 0.220 e. The number of primary amides is 1. The van der Waals surface area contributed by atoms with Gasteiger partial charge < -0.3 is 37.5 Å². The predicted molar refractivity (Wildman–Crippen MR) is 451 cm³/mol. The number of carbonyl (C=O) groups excluding carboxylic acids is 1. The second-order valence-electron chi connectivity index (χ2n) is 31.4. The maximum Gasteiger partial charge on any atom is 0.220 e. The zero-order valence-corrected chi connectivity index (χ0v) is 64.1.